The molecule has 0 unspecified atom stereocenters. The molecule has 0 saturated carbocycles. The number of hydrogen-bond donors (Lipinski definition) is 0. The molecule has 0 aliphatic heterocycles. The van der Waals surface area contributed by atoms with Crippen molar-refractivity contribution in [1.82, 2.24) is 0 Å². The molecule has 0 rings (SSSR count). The van der Waals surface area contributed by atoms with E-state index in [4.69, 9.17) is 14.0 Å². The summed E-state index contributed by atoms with van der Waals surface area (Å²) in [4.78, 5) is 0. The van der Waals surface area contributed by atoms with Gasteiger partial charge in [0.15, 0.2) is 0 Å². The largest absolute Gasteiger partial charge is 1.00 e. The predicted molar refractivity (Wildman–Crippen MR) is 69.4 cm³/mol. The van der Waals surface area contributed by atoms with Crippen LogP contribution < -0.4 is 51.4 Å². The summed E-state index contributed by atoms with van der Waals surface area (Å²) in [5.41, 5.74) is -0.872. The Morgan fingerprint density at radius 2 is 0.765 bits per heavy atom. The molecule has 0 N–H and O–H groups in total. The third-order valence-corrected chi connectivity index (χ3v) is 1.35. The summed E-state index contributed by atoms with van der Waals surface area (Å²) in [6.07, 6.45) is 0. The molecular formula is C12H28BKO3. The maximum absolute atomic E-state index is 5.75. The smallest absolute Gasteiger partial charge is 1.00 e. The molecule has 0 radical (unpaired) electrons. The van der Waals surface area contributed by atoms with E-state index in [0.717, 1.165) is 0 Å². The summed E-state index contributed by atoms with van der Waals surface area (Å²) in [6, 6.07) is 0. The summed E-state index contributed by atoms with van der Waals surface area (Å²) in [5, 5.41) is 0. The van der Waals surface area contributed by atoms with Gasteiger partial charge in [-0.05, 0) is 62.3 Å². The van der Waals surface area contributed by atoms with E-state index in [2.05, 4.69) is 0 Å². The Labute approximate surface area is 151 Å². The van der Waals surface area contributed by atoms with Crippen molar-refractivity contribution in [2.75, 3.05) is 0 Å². The Balaban J connectivity index is -0.00000112. The molecule has 0 aromatic heterocycles. The van der Waals surface area contributed by atoms with Crippen LogP contribution in [0.1, 0.15) is 63.7 Å². The van der Waals surface area contributed by atoms with Gasteiger partial charge in [0, 0.05) is 16.8 Å². The van der Waals surface area contributed by atoms with Crippen molar-refractivity contribution in [2.24, 2.45) is 0 Å². The molecule has 0 aromatic rings. The van der Waals surface area contributed by atoms with Crippen molar-refractivity contribution in [3.63, 3.8) is 0 Å². The molecule has 17 heavy (non-hydrogen) atoms. The first-order valence-electron chi connectivity index (χ1n) is 5.82. The second-order valence-electron chi connectivity index (χ2n) is 6.98. The van der Waals surface area contributed by atoms with Crippen LogP contribution in [0.5, 0.6) is 0 Å². The van der Waals surface area contributed by atoms with Crippen LogP contribution in [0.2, 0.25) is 0 Å². The van der Waals surface area contributed by atoms with Crippen LogP contribution in [-0.2, 0) is 14.0 Å². The molecule has 0 aromatic carbocycles. The first-order valence-corrected chi connectivity index (χ1v) is 5.82. The minimum Gasteiger partial charge on any atom is -1.00 e. The minimum absolute atomic E-state index is 0. The Kier molecular flexibility index (Phi) is 9.08. The zero-order chi connectivity index (χ0) is 13.2. The number of rotatable bonds is 3. The SMILES string of the molecule is CC(C)(C)OB(OC(C)(C)C)OC(C)(C)C.[H-].[K+]. The van der Waals surface area contributed by atoms with Crippen LogP contribution in [0.3, 0.4) is 0 Å². The molecule has 0 fully saturated rings. The van der Waals surface area contributed by atoms with Crippen molar-refractivity contribution in [3.05, 3.63) is 0 Å². The van der Waals surface area contributed by atoms with Gasteiger partial charge in [0.1, 0.15) is 0 Å². The van der Waals surface area contributed by atoms with E-state index in [1.165, 1.54) is 0 Å². The zero-order valence-corrected chi connectivity index (χ0v) is 16.4. The standard InChI is InChI=1S/C12H27BO3.K.H/c1-10(2,3)14-13(15-11(4,5)6)16-12(7,8)9;;/h1-9H3;;/q;+1;-1. The molecule has 0 aliphatic rings. The fourth-order valence-corrected chi connectivity index (χ4v) is 0.938. The van der Waals surface area contributed by atoms with Crippen LogP contribution in [0.25, 0.3) is 0 Å². The maximum atomic E-state index is 5.75. The van der Waals surface area contributed by atoms with Gasteiger partial charge in [0.25, 0.3) is 0 Å². The molecule has 0 aliphatic carbocycles. The van der Waals surface area contributed by atoms with Gasteiger partial charge >= 0.3 is 58.7 Å². The quantitative estimate of drug-likeness (QED) is 0.700. The van der Waals surface area contributed by atoms with Crippen molar-refractivity contribution in [2.45, 2.75) is 79.1 Å². The molecule has 0 saturated heterocycles. The molecule has 0 bridgehead atoms. The molecule has 3 nitrogen and oxygen atoms in total. The zero-order valence-electron chi connectivity index (χ0n) is 14.3. The summed E-state index contributed by atoms with van der Waals surface area (Å²) >= 11 is 0. The van der Waals surface area contributed by atoms with Crippen LogP contribution in [0, 0.1) is 0 Å². The molecule has 0 spiro atoms. The van der Waals surface area contributed by atoms with Crippen molar-refractivity contribution < 1.29 is 66.8 Å². The topological polar surface area (TPSA) is 27.7 Å². The fraction of sp³-hybridized carbons (Fsp3) is 1.00. The molecule has 98 valence electrons. The Hall–Kier alpha value is 1.58. The molecule has 5 heteroatoms. The third kappa shape index (κ3) is 15.5. The van der Waals surface area contributed by atoms with Gasteiger partial charge in [-0.2, -0.15) is 0 Å². The van der Waals surface area contributed by atoms with Gasteiger partial charge in [0.2, 0.25) is 0 Å². The second kappa shape index (κ2) is 7.39. The Morgan fingerprint density at radius 1 is 0.588 bits per heavy atom. The first-order chi connectivity index (χ1) is 6.79. The third-order valence-electron chi connectivity index (χ3n) is 1.35. The van der Waals surface area contributed by atoms with Gasteiger partial charge in [-0.15, -0.1) is 0 Å². The second-order valence-corrected chi connectivity index (χ2v) is 6.98. The van der Waals surface area contributed by atoms with E-state index in [0.29, 0.717) is 0 Å². The normalized spacial score (nSPS) is 13.2. The van der Waals surface area contributed by atoms with E-state index in [9.17, 15) is 0 Å². The fourth-order valence-electron chi connectivity index (χ4n) is 0.938. The van der Waals surface area contributed by atoms with Crippen LogP contribution in [0.4, 0.5) is 0 Å². The van der Waals surface area contributed by atoms with Crippen molar-refractivity contribution in [3.8, 4) is 0 Å². The molecule has 0 amide bonds. The monoisotopic (exact) mass is 270 g/mol. The maximum Gasteiger partial charge on any atom is 1.00 e. The van der Waals surface area contributed by atoms with Gasteiger partial charge in [-0.1, -0.05) is 0 Å². The average molecular weight is 270 g/mol. The molecule has 0 heterocycles. The van der Waals surface area contributed by atoms with Gasteiger partial charge in [-0.3, -0.25) is 0 Å². The van der Waals surface area contributed by atoms with E-state index in [-0.39, 0.29) is 69.6 Å². The van der Waals surface area contributed by atoms with Crippen molar-refractivity contribution in [1.29, 1.82) is 0 Å². The van der Waals surface area contributed by atoms with E-state index in [1.807, 2.05) is 62.3 Å². The van der Waals surface area contributed by atoms with Gasteiger partial charge in [0.05, 0.1) is 0 Å². The van der Waals surface area contributed by atoms with Crippen LogP contribution in [-0.4, -0.2) is 24.1 Å². The molecular weight excluding hydrogens is 242 g/mol. The summed E-state index contributed by atoms with van der Waals surface area (Å²) in [7, 11) is -0.639. The van der Waals surface area contributed by atoms with E-state index in [1.54, 1.807) is 0 Å². The summed E-state index contributed by atoms with van der Waals surface area (Å²) in [5.74, 6) is 0. The average Bonchev–Trinajstić information content (AvgIpc) is 1.70. The Bertz CT molecular complexity index is 181. The summed E-state index contributed by atoms with van der Waals surface area (Å²) in [6.45, 7) is 17.9. The van der Waals surface area contributed by atoms with Crippen LogP contribution >= 0.6 is 0 Å². The van der Waals surface area contributed by atoms with E-state index >= 15 is 0 Å². The van der Waals surface area contributed by atoms with Crippen LogP contribution in [0.15, 0.2) is 0 Å². The predicted octanol–water partition coefficient (Wildman–Crippen LogP) is 0.533. The number of hydrogen-bond acceptors (Lipinski definition) is 3. The van der Waals surface area contributed by atoms with E-state index < -0.39 is 7.32 Å². The summed E-state index contributed by atoms with van der Waals surface area (Å²) < 4.78 is 17.2. The van der Waals surface area contributed by atoms with Gasteiger partial charge < -0.3 is 15.4 Å². The first kappa shape index (κ1) is 20.9. The van der Waals surface area contributed by atoms with Gasteiger partial charge in [-0.25, -0.2) is 0 Å². The van der Waals surface area contributed by atoms with Crippen molar-refractivity contribution >= 4 is 7.32 Å². The minimum atomic E-state index is -0.639. The molecule has 0 atom stereocenters. The Morgan fingerprint density at radius 3 is 0.882 bits per heavy atom.